The number of aryl methyl sites for hydroxylation is 1. The third-order valence-corrected chi connectivity index (χ3v) is 3.06. The Labute approximate surface area is 81.8 Å². The molecule has 1 rings (SSSR count). The summed E-state index contributed by atoms with van der Waals surface area (Å²) in [5, 5.41) is 0. The number of nitrogens with zero attached hydrogens (tertiary/aromatic N) is 1. The standard InChI is InChI=1S/C12H21N/c1-6-12(4,5)9-13-8-7-10(2)11(13)3/h7-8H,6,9H2,1-5H3. The van der Waals surface area contributed by atoms with Crippen molar-refractivity contribution >= 4 is 0 Å². The van der Waals surface area contributed by atoms with Crippen molar-refractivity contribution in [1.82, 2.24) is 4.57 Å². The molecule has 1 aromatic rings. The Kier molecular flexibility index (Phi) is 2.84. The van der Waals surface area contributed by atoms with E-state index >= 15 is 0 Å². The topological polar surface area (TPSA) is 4.93 Å². The third-order valence-electron chi connectivity index (χ3n) is 3.06. The van der Waals surface area contributed by atoms with Crippen LogP contribution in [0.4, 0.5) is 0 Å². The van der Waals surface area contributed by atoms with Crippen LogP contribution in [0.5, 0.6) is 0 Å². The molecule has 1 nitrogen and oxygen atoms in total. The van der Waals surface area contributed by atoms with Crippen LogP contribution in [0.2, 0.25) is 0 Å². The average molecular weight is 179 g/mol. The molecule has 1 heteroatoms. The van der Waals surface area contributed by atoms with Gasteiger partial charge in [0.15, 0.2) is 0 Å². The maximum absolute atomic E-state index is 2.36. The molecule has 0 saturated heterocycles. The van der Waals surface area contributed by atoms with Crippen molar-refractivity contribution < 1.29 is 0 Å². The van der Waals surface area contributed by atoms with Crippen LogP contribution in [-0.2, 0) is 6.54 Å². The van der Waals surface area contributed by atoms with E-state index in [4.69, 9.17) is 0 Å². The quantitative estimate of drug-likeness (QED) is 0.669. The van der Waals surface area contributed by atoms with Crippen LogP contribution in [-0.4, -0.2) is 4.57 Å². The van der Waals surface area contributed by atoms with E-state index in [-0.39, 0.29) is 0 Å². The first-order valence-corrected chi connectivity index (χ1v) is 5.08. The minimum Gasteiger partial charge on any atom is -0.351 e. The number of hydrogen-bond acceptors (Lipinski definition) is 0. The molecule has 0 saturated carbocycles. The molecule has 0 fully saturated rings. The van der Waals surface area contributed by atoms with Crippen molar-refractivity contribution in [3.63, 3.8) is 0 Å². The lowest BCUT2D eigenvalue weighted by molar-refractivity contribution is 0.292. The van der Waals surface area contributed by atoms with E-state index in [0.717, 1.165) is 6.54 Å². The summed E-state index contributed by atoms with van der Waals surface area (Å²) < 4.78 is 2.36. The van der Waals surface area contributed by atoms with Crippen molar-refractivity contribution in [3.8, 4) is 0 Å². The second-order valence-corrected chi connectivity index (χ2v) is 4.73. The summed E-state index contributed by atoms with van der Waals surface area (Å²) in [7, 11) is 0. The van der Waals surface area contributed by atoms with E-state index in [0.29, 0.717) is 5.41 Å². The fourth-order valence-electron chi connectivity index (χ4n) is 1.40. The zero-order valence-electron chi connectivity index (χ0n) is 9.52. The molecular weight excluding hydrogens is 158 g/mol. The predicted octanol–water partition coefficient (Wildman–Crippen LogP) is 3.54. The van der Waals surface area contributed by atoms with Crippen LogP contribution >= 0.6 is 0 Å². The lowest BCUT2D eigenvalue weighted by Gasteiger charge is -2.24. The third kappa shape index (κ3) is 2.36. The fraction of sp³-hybridized carbons (Fsp3) is 0.667. The second-order valence-electron chi connectivity index (χ2n) is 4.73. The summed E-state index contributed by atoms with van der Waals surface area (Å²) >= 11 is 0. The Morgan fingerprint density at radius 2 is 1.92 bits per heavy atom. The second kappa shape index (κ2) is 3.57. The maximum atomic E-state index is 2.36. The van der Waals surface area contributed by atoms with E-state index < -0.39 is 0 Å². The Hall–Kier alpha value is -0.720. The zero-order valence-corrected chi connectivity index (χ0v) is 9.52. The largest absolute Gasteiger partial charge is 0.351 e. The van der Waals surface area contributed by atoms with Crippen molar-refractivity contribution in [2.45, 2.75) is 47.6 Å². The van der Waals surface area contributed by atoms with Crippen molar-refractivity contribution in [1.29, 1.82) is 0 Å². The lowest BCUT2D eigenvalue weighted by Crippen LogP contribution is -2.18. The van der Waals surface area contributed by atoms with Gasteiger partial charge in [0, 0.05) is 18.4 Å². The van der Waals surface area contributed by atoms with Crippen LogP contribution in [0, 0.1) is 19.3 Å². The van der Waals surface area contributed by atoms with Gasteiger partial charge < -0.3 is 4.57 Å². The molecule has 0 aliphatic carbocycles. The van der Waals surface area contributed by atoms with E-state index in [9.17, 15) is 0 Å². The van der Waals surface area contributed by atoms with E-state index in [1.165, 1.54) is 17.7 Å². The smallest absolute Gasteiger partial charge is 0.0273 e. The summed E-state index contributed by atoms with van der Waals surface area (Å²) in [4.78, 5) is 0. The Balaban J connectivity index is 2.80. The molecule has 0 bridgehead atoms. The SMILES string of the molecule is CCC(C)(C)Cn1ccc(C)c1C. The highest BCUT2D eigenvalue weighted by atomic mass is 15.0. The van der Waals surface area contributed by atoms with Gasteiger partial charge in [-0.05, 0) is 37.3 Å². The van der Waals surface area contributed by atoms with Gasteiger partial charge in [0.1, 0.15) is 0 Å². The van der Waals surface area contributed by atoms with Gasteiger partial charge in [0.25, 0.3) is 0 Å². The molecule has 13 heavy (non-hydrogen) atoms. The van der Waals surface area contributed by atoms with Crippen LogP contribution in [0.1, 0.15) is 38.4 Å². The van der Waals surface area contributed by atoms with Gasteiger partial charge in [0.2, 0.25) is 0 Å². The minimum absolute atomic E-state index is 0.413. The molecule has 0 radical (unpaired) electrons. The Bertz CT molecular complexity index is 281. The summed E-state index contributed by atoms with van der Waals surface area (Å²) in [6, 6.07) is 2.20. The monoisotopic (exact) mass is 179 g/mol. The number of hydrogen-bond donors (Lipinski definition) is 0. The van der Waals surface area contributed by atoms with Crippen LogP contribution in [0.3, 0.4) is 0 Å². The zero-order chi connectivity index (χ0) is 10.1. The Morgan fingerprint density at radius 3 is 2.31 bits per heavy atom. The van der Waals surface area contributed by atoms with Crippen LogP contribution in [0.15, 0.2) is 12.3 Å². The van der Waals surface area contributed by atoms with Crippen LogP contribution < -0.4 is 0 Å². The predicted molar refractivity (Wildman–Crippen MR) is 58.0 cm³/mol. The molecule has 0 spiro atoms. The highest BCUT2D eigenvalue weighted by molar-refractivity contribution is 5.18. The molecule has 1 aromatic heterocycles. The molecular formula is C12H21N. The molecule has 0 aliphatic rings. The van der Waals surface area contributed by atoms with E-state index in [1.54, 1.807) is 0 Å². The lowest BCUT2D eigenvalue weighted by atomic mass is 9.90. The minimum atomic E-state index is 0.413. The molecule has 0 unspecified atom stereocenters. The molecule has 0 amide bonds. The molecule has 1 heterocycles. The molecule has 74 valence electrons. The summed E-state index contributed by atoms with van der Waals surface area (Å²) in [5.74, 6) is 0. The Morgan fingerprint density at radius 1 is 1.31 bits per heavy atom. The van der Waals surface area contributed by atoms with Gasteiger partial charge >= 0.3 is 0 Å². The average Bonchev–Trinajstić information content (AvgIpc) is 2.36. The first kappa shape index (κ1) is 10.4. The van der Waals surface area contributed by atoms with Gasteiger partial charge in [-0.25, -0.2) is 0 Å². The van der Waals surface area contributed by atoms with E-state index in [1.807, 2.05) is 0 Å². The maximum Gasteiger partial charge on any atom is 0.0273 e. The van der Waals surface area contributed by atoms with Gasteiger partial charge in [0.05, 0.1) is 0 Å². The first-order chi connectivity index (χ1) is 5.96. The van der Waals surface area contributed by atoms with Gasteiger partial charge in [-0.15, -0.1) is 0 Å². The fourth-order valence-corrected chi connectivity index (χ4v) is 1.40. The first-order valence-electron chi connectivity index (χ1n) is 5.08. The summed E-state index contributed by atoms with van der Waals surface area (Å²) in [6.07, 6.45) is 3.42. The van der Waals surface area contributed by atoms with Gasteiger partial charge in [-0.1, -0.05) is 20.8 Å². The normalized spacial score (nSPS) is 12.1. The molecule has 0 atom stereocenters. The van der Waals surface area contributed by atoms with Crippen molar-refractivity contribution in [2.24, 2.45) is 5.41 Å². The molecule has 0 aliphatic heterocycles. The van der Waals surface area contributed by atoms with Crippen LogP contribution in [0.25, 0.3) is 0 Å². The molecule has 0 aromatic carbocycles. The summed E-state index contributed by atoms with van der Waals surface area (Å²) in [6.45, 7) is 12.4. The summed E-state index contributed by atoms with van der Waals surface area (Å²) in [5.41, 5.74) is 3.21. The molecule has 0 N–H and O–H groups in total. The van der Waals surface area contributed by atoms with Crippen molar-refractivity contribution in [3.05, 3.63) is 23.5 Å². The highest BCUT2D eigenvalue weighted by Gasteiger charge is 2.16. The number of rotatable bonds is 3. The van der Waals surface area contributed by atoms with Crippen molar-refractivity contribution in [2.75, 3.05) is 0 Å². The van der Waals surface area contributed by atoms with Gasteiger partial charge in [-0.3, -0.25) is 0 Å². The van der Waals surface area contributed by atoms with E-state index in [2.05, 4.69) is 51.4 Å². The highest BCUT2D eigenvalue weighted by Crippen LogP contribution is 2.23. The van der Waals surface area contributed by atoms with Gasteiger partial charge in [-0.2, -0.15) is 0 Å². The number of aromatic nitrogens is 1.